The van der Waals surface area contributed by atoms with Crippen LogP contribution in [0.2, 0.25) is 0 Å². The first-order valence-electron chi connectivity index (χ1n) is 8.81. The Kier molecular flexibility index (Phi) is 3.65. The zero-order valence-electron chi connectivity index (χ0n) is 14.0. The molecule has 1 heteroatoms. The number of benzene rings is 3. The summed E-state index contributed by atoms with van der Waals surface area (Å²) in [7, 11) is -0.428. The molecule has 0 N–H and O–H groups in total. The molecular weight excluding hydrogens is 319 g/mol. The Hall–Kier alpha value is -2.43. The lowest BCUT2D eigenvalue weighted by Gasteiger charge is -2.21. The number of hydrogen-bond donors (Lipinski definition) is 0. The van der Waals surface area contributed by atoms with Gasteiger partial charge in [0.15, 0.2) is 0 Å². The van der Waals surface area contributed by atoms with Crippen LogP contribution in [0.4, 0.5) is 0 Å². The third kappa shape index (κ3) is 2.68. The average molecular weight is 338 g/mol. The maximum atomic E-state index is 2.44. The Balaban J connectivity index is 1.58. The summed E-state index contributed by atoms with van der Waals surface area (Å²) < 4.78 is 0. The molecular formula is C24H19P. The first kappa shape index (κ1) is 14.9. The van der Waals surface area contributed by atoms with Gasteiger partial charge < -0.3 is 0 Å². The van der Waals surface area contributed by atoms with Gasteiger partial charge in [-0.3, -0.25) is 0 Å². The van der Waals surface area contributed by atoms with Crippen LogP contribution in [0, 0.1) is 0 Å². The van der Waals surface area contributed by atoms with Gasteiger partial charge in [-0.2, -0.15) is 0 Å². The first-order valence-corrected chi connectivity index (χ1v) is 10.1. The van der Waals surface area contributed by atoms with Crippen LogP contribution in [-0.4, -0.2) is 0 Å². The van der Waals surface area contributed by atoms with E-state index in [2.05, 4.69) is 91.0 Å². The zero-order chi connectivity index (χ0) is 16.6. The number of fused-ring (bicyclic) bond motifs is 2. The van der Waals surface area contributed by atoms with Crippen LogP contribution in [-0.2, 0) is 12.8 Å². The molecule has 2 aliphatic rings. The van der Waals surface area contributed by atoms with E-state index in [0.717, 1.165) is 12.8 Å². The third-order valence-electron chi connectivity index (χ3n) is 5.09. The first-order chi connectivity index (χ1) is 12.4. The van der Waals surface area contributed by atoms with Crippen LogP contribution < -0.4 is 5.30 Å². The highest BCUT2D eigenvalue weighted by Crippen LogP contribution is 2.58. The highest BCUT2D eigenvalue weighted by molar-refractivity contribution is 7.74. The Labute approximate surface area is 150 Å². The predicted molar refractivity (Wildman–Crippen MR) is 109 cm³/mol. The largest absolute Gasteiger partial charge is 0.0622 e. The topological polar surface area (TPSA) is 0 Å². The SMILES string of the molecule is C1=C(P(C2=Cc3ccccc3C2)c2ccccc2)Cc2ccccc21. The van der Waals surface area contributed by atoms with Crippen LogP contribution in [0.5, 0.6) is 0 Å². The van der Waals surface area contributed by atoms with Gasteiger partial charge in [0.25, 0.3) is 0 Å². The van der Waals surface area contributed by atoms with E-state index < -0.39 is 7.92 Å². The van der Waals surface area contributed by atoms with E-state index in [4.69, 9.17) is 0 Å². The summed E-state index contributed by atoms with van der Waals surface area (Å²) in [5.41, 5.74) is 5.74. The summed E-state index contributed by atoms with van der Waals surface area (Å²) in [4.78, 5) is 0. The van der Waals surface area contributed by atoms with Gasteiger partial charge in [0, 0.05) is 0 Å². The lowest BCUT2D eigenvalue weighted by molar-refractivity contribution is 1.26. The molecule has 0 heterocycles. The molecule has 0 spiro atoms. The quantitative estimate of drug-likeness (QED) is 0.515. The predicted octanol–water partition coefficient (Wildman–Crippen LogP) is 5.99. The second-order valence-electron chi connectivity index (χ2n) is 6.69. The number of hydrogen-bond acceptors (Lipinski definition) is 0. The van der Waals surface area contributed by atoms with Gasteiger partial charge in [0.05, 0.1) is 0 Å². The van der Waals surface area contributed by atoms with E-state index in [1.807, 2.05) is 0 Å². The van der Waals surface area contributed by atoms with Crippen molar-refractivity contribution in [1.29, 1.82) is 0 Å². The van der Waals surface area contributed by atoms with Crippen molar-refractivity contribution >= 4 is 25.4 Å². The zero-order valence-corrected chi connectivity index (χ0v) is 14.9. The molecule has 3 aromatic rings. The summed E-state index contributed by atoms with van der Waals surface area (Å²) in [6.07, 6.45) is 7.06. The standard InChI is InChI=1S/C24H19P/c1-2-12-22(13-3-1)25(23-14-18-8-4-5-9-19(18)15-23)24-16-20-10-6-7-11-21(20)17-24/h1-14,16H,15,17H2. The molecule has 0 atom stereocenters. The molecule has 0 aliphatic heterocycles. The van der Waals surface area contributed by atoms with Gasteiger partial charge in [-0.15, -0.1) is 0 Å². The van der Waals surface area contributed by atoms with Crippen molar-refractivity contribution in [2.24, 2.45) is 0 Å². The van der Waals surface area contributed by atoms with Crippen LogP contribution in [0.1, 0.15) is 22.3 Å². The number of rotatable bonds is 3. The third-order valence-corrected chi connectivity index (χ3v) is 7.62. The van der Waals surface area contributed by atoms with E-state index in [-0.39, 0.29) is 0 Å². The molecule has 25 heavy (non-hydrogen) atoms. The molecule has 0 saturated heterocycles. The summed E-state index contributed by atoms with van der Waals surface area (Å²) in [6, 6.07) is 28.7. The second-order valence-corrected chi connectivity index (χ2v) is 9.03. The smallest absolute Gasteiger partial charge is 0.000895 e. The van der Waals surface area contributed by atoms with E-state index in [1.165, 1.54) is 27.6 Å². The molecule has 0 aromatic heterocycles. The molecule has 0 amide bonds. The molecule has 120 valence electrons. The Morgan fingerprint density at radius 3 is 1.52 bits per heavy atom. The number of allylic oxidation sites excluding steroid dienone is 2. The molecule has 0 bridgehead atoms. The van der Waals surface area contributed by atoms with E-state index >= 15 is 0 Å². The highest BCUT2D eigenvalue weighted by atomic mass is 31.1. The molecule has 3 aromatic carbocycles. The molecule has 0 nitrogen and oxygen atoms in total. The van der Waals surface area contributed by atoms with Crippen molar-refractivity contribution in [3.63, 3.8) is 0 Å². The van der Waals surface area contributed by atoms with Gasteiger partial charge in [0.2, 0.25) is 0 Å². The maximum Gasteiger partial charge on any atom is -0.000895 e. The van der Waals surface area contributed by atoms with E-state index in [1.54, 1.807) is 10.6 Å². The van der Waals surface area contributed by atoms with Gasteiger partial charge in [-0.1, -0.05) is 91.0 Å². The van der Waals surface area contributed by atoms with Crippen LogP contribution in [0.15, 0.2) is 89.5 Å². The normalized spacial score (nSPS) is 14.9. The van der Waals surface area contributed by atoms with Crippen LogP contribution >= 0.6 is 7.92 Å². The van der Waals surface area contributed by atoms with Crippen molar-refractivity contribution < 1.29 is 0 Å². The van der Waals surface area contributed by atoms with Gasteiger partial charge >= 0.3 is 0 Å². The monoisotopic (exact) mass is 338 g/mol. The molecule has 0 saturated carbocycles. The summed E-state index contributed by atoms with van der Waals surface area (Å²) in [5.74, 6) is 0. The molecule has 0 radical (unpaired) electrons. The Morgan fingerprint density at radius 1 is 0.520 bits per heavy atom. The second kappa shape index (κ2) is 6.14. The fourth-order valence-electron chi connectivity index (χ4n) is 3.90. The van der Waals surface area contributed by atoms with Gasteiger partial charge in [0.1, 0.15) is 0 Å². The fourth-order valence-corrected chi connectivity index (χ4v) is 6.60. The Morgan fingerprint density at radius 2 is 1.00 bits per heavy atom. The molecule has 0 fully saturated rings. The minimum absolute atomic E-state index is 0.428. The fraction of sp³-hybridized carbons (Fsp3) is 0.0833. The lowest BCUT2D eigenvalue weighted by Crippen LogP contribution is -2.04. The van der Waals surface area contributed by atoms with Crippen molar-refractivity contribution in [2.45, 2.75) is 12.8 Å². The molecule has 2 aliphatic carbocycles. The van der Waals surface area contributed by atoms with Crippen molar-refractivity contribution in [2.75, 3.05) is 0 Å². The van der Waals surface area contributed by atoms with Crippen LogP contribution in [0.3, 0.4) is 0 Å². The van der Waals surface area contributed by atoms with Gasteiger partial charge in [-0.25, -0.2) is 0 Å². The molecule has 0 unspecified atom stereocenters. The molecule has 5 rings (SSSR count). The summed E-state index contributed by atoms with van der Waals surface area (Å²) in [6.45, 7) is 0. The van der Waals surface area contributed by atoms with Gasteiger partial charge in [-0.05, 0) is 58.9 Å². The van der Waals surface area contributed by atoms with Crippen molar-refractivity contribution in [3.05, 3.63) is 112 Å². The summed E-state index contributed by atoms with van der Waals surface area (Å²) >= 11 is 0. The highest BCUT2D eigenvalue weighted by Gasteiger charge is 2.27. The minimum Gasteiger partial charge on any atom is -0.0622 e. The van der Waals surface area contributed by atoms with Crippen molar-refractivity contribution in [3.8, 4) is 0 Å². The van der Waals surface area contributed by atoms with E-state index in [9.17, 15) is 0 Å². The lowest BCUT2D eigenvalue weighted by atomic mass is 10.1. The van der Waals surface area contributed by atoms with E-state index in [0.29, 0.717) is 0 Å². The summed E-state index contributed by atoms with van der Waals surface area (Å²) in [5, 5.41) is 4.64. The Bertz CT molecular complexity index is 932. The average Bonchev–Trinajstić information content (AvgIpc) is 3.26. The van der Waals surface area contributed by atoms with Crippen molar-refractivity contribution in [1.82, 2.24) is 0 Å². The minimum atomic E-state index is -0.428. The maximum absolute atomic E-state index is 2.44. The van der Waals surface area contributed by atoms with Crippen LogP contribution in [0.25, 0.3) is 12.2 Å².